The van der Waals surface area contributed by atoms with Crippen molar-refractivity contribution in [3.63, 3.8) is 0 Å². The van der Waals surface area contributed by atoms with Crippen molar-refractivity contribution >= 4 is 27.3 Å². The van der Waals surface area contributed by atoms with Crippen molar-refractivity contribution in [2.75, 3.05) is 0 Å². The normalized spacial score (nSPS) is 17.9. The highest BCUT2D eigenvalue weighted by molar-refractivity contribution is 9.10. The third-order valence-corrected chi connectivity index (χ3v) is 5.09. The summed E-state index contributed by atoms with van der Waals surface area (Å²) < 4.78 is 1.15. The topological polar surface area (TPSA) is 32.3 Å². The molecule has 2 nitrogen and oxygen atoms in total. The van der Waals surface area contributed by atoms with Crippen molar-refractivity contribution in [3.05, 3.63) is 50.1 Å². The Morgan fingerprint density at radius 3 is 3.11 bits per heavy atom. The van der Waals surface area contributed by atoms with Gasteiger partial charge in [0.2, 0.25) is 0 Å². The summed E-state index contributed by atoms with van der Waals surface area (Å²) in [6.45, 7) is 0.885. The van der Waals surface area contributed by atoms with Gasteiger partial charge in [-0.2, -0.15) is 0 Å². The molecule has 0 saturated heterocycles. The van der Waals surface area contributed by atoms with E-state index in [1.165, 1.54) is 10.4 Å². The van der Waals surface area contributed by atoms with Crippen LogP contribution in [0.15, 0.2) is 34.1 Å². The van der Waals surface area contributed by atoms with Crippen LogP contribution in [0.2, 0.25) is 0 Å². The number of phenols is 1. The Morgan fingerprint density at radius 1 is 1.44 bits per heavy atom. The first-order valence-corrected chi connectivity index (χ1v) is 7.68. The second-order valence-electron chi connectivity index (χ2n) is 4.55. The average Bonchev–Trinajstić information content (AvgIpc) is 2.94. The van der Waals surface area contributed by atoms with Crippen LogP contribution < -0.4 is 5.32 Å². The van der Waals surface area contributed by atoms with Crippen LogP contribution in [0.25, 0.3) is 0 Å². The van der Waals surface area contributed by atoms with Gasteiger partial charge in [-0.1, -0.05) is 12.1 Å². The van der Waals surface area contributed by atoms with Gasteiger partial charge < -0.3 is 10.4 Å². The van der Waals surface area contributed by atoms with Gasteiger partial charge in [-0.05, 0) is 52.0 Å². The number of phenolic OH excluding ortho intramolecular Hbond substituents is 1. The van der Waals surface area contributed by atoms with Gasteiger partial charge in [-0.3, -0.25) is 0 Å². The van der Waals surface area contributed by atoms with Gasteiger partial charge in [0.05, 0.1) is 0 Å². The van der Waals surface area contributed by atoms with E-state index in [4.69, 9.17) is 0 Å². The molecule has 1 aromatic carbocycles. The highest BCUT2D eigenvalue weighted by atomic mass is 79.9. The van der Waals surface area contributed by atoms with Crippen LogP contribution in [0.4, 0.5) is 0 Å². The van der Waals surface area contributed by atoms with E-state index < -0.39 is 0 Å². The van der Waals surface area contributed by atoms with Crippen LogP contribution in [0, 0.1) is 0 Å². The lowest BCUT2D eigenvalue weighted by Gasteiger charge is -2.13. The fourth-order valence-electron chi connectivity index (χ4n) is 2.52. The molecule has 18 heavy (non-hydrogen) atoms. The Morgan fingerprint density at radius 2 is 2.33 bits per heavy atom. The zero-order valence-corrected chi connectivity index (χ0v) is 12.2. The predicted octanol–water partition coefficient (Wildman–Crippen LogP) is 3.99. The smallest absolute Gasteiger partial charge is 0.119 e. The van der Waals surface area contributed by atoms with Crippen LogP contribution in [0.1, 0.15) is 28.5 Å². The molecule has 0 aliphatic heterocycles. The minimum absolute atomic E-state index is 0.368. The maximum absolute atomic E-state index is 9.81. The third-order valence-electron chi connectivity index (χ3n) is 3.39. The molecule has 1 unspecified atom stereocenters. The van der Waals surface area contributed by atoms with Crippen LogP contribution in [-0.4, -0.2) is 5.11 Å². The van der Waals surface area contributed by atoms with Gasteiger partial charge >= 0.3 is 0 Å². The van der Waals surface area contributed by atoms with Gasteiger partial charge in [0.25, 0.3) is 0 Å². The highest BCUT2D eigenvalue weighted by Crippen LogP contribution is 2.36. The molecular weight excluding hydrogens is 310 g/mol. The molecule has 0 radical (unpaired) electrons. The summed E-state index contributed by atoms with van der Waals surface area (Å²) in [5, 5.41) is 15.5. The highest BCUT2D eigenvalue weighted by Gasteiger charge is 2.23. The van der Waals surface area contributed by atoms with E-state index in [1.54, 1.807) is 17.4 Å². The number of hydrogen-bond acceptors (Lipinski definition) is 3. The predicted molar refractivity (Wildman–Crippen MR) is 78.0 cm³/mol. The van der Waals surface area contributed by atoms with Gasteiger partial charge in [0.15, 0.2) is 0 Å². The van der Waals surface area contributed by atoms with E-state index in [1.807, 2.05) is 6.07 Å². The Hall–Kier alpha value is -0.840. The van der Waals surface area contributed by atoms with Crippen LogP contribution in [0.5, 0.6) is 5.75 Å². The summed E-state index contributed by atoms with van der Waals surface area (Å²) in [5.41, 5.74) is 2.37. The van der Waals surface area contributed by atoms with Crippen molar-refractivity contribution in [2.24, 2.45) is 0 Å². The second-order valence-corrected chi connectivity index (χ2v) is 6.46. The molecule has 0 bridgehead atoms. The van der Waals surface area contributed by atoms with Crippen molar-refractivity contribution in [2.45, 2.75) is 25.4 Å². The molecule has 1 atom stereocenters. The van der Waals surface area contributed by atoms with Crippen LogP contribution >= 0.6 is 27.3 Å². The molecule has 0 fully saturated rings. The van der Waals surface area contributed by atoms with Gasteiger partial charge in [0, 0.05) is 27.3 Å². The summed E-state index contributed by atoms with van der Waals surface area (Å²) in [4.78, 5) is 1.33. The fraction of sp³-hybridized carbons (Fsp3) is 0.286. The second kappa shape index (κ2) is 5.03. The number of benzene rings is 1. The van der Waals surface area contributed by atoms with Crippen molar-refractivity contribution in [1.82, 2.24) is 5.32 Å². The van der Waals surface area contributed by atoms with Crippen LogP contribution in [-0.2, 0) is 13.0 Å². The molecule has 1 heterocycles. The quantitative estimate of drug-likeness (QED) is 0.895. The van der Waals surface area contributed by atoms with E-state index in [0.29, 0.717) is 11.8 Å². The number of nitrogens with one attached hydrogen (secondary N) is 1. The largest absolute Gasteiger partial charge is 0.508 e. The molecule has 0 amide bonds. The minimum atomic E-state index is 0.368. The van der Waals surface area contributed by atoms with Gasteiger partial charge in [-0.15, -0.1) is 11.3 Å². The number of hydrogen-bond donors (Lipinski definition) is 2. The first-order valence-electron chi connectivity index (χ1n) is 6.01. The molecule has 0 saturated carbocycles. The van der Waals surface area contributed by atoms with E-state index in [9.17, 15) is 5.11 Å². The van der Waals surface area contributed by atoms with Gasteiger partial charge in [-0.25, -0.2) is 0 Å². The van der Waals surface area contributed by atoms with E-state index in [0.717, 1.165) is 29.4 Å². The minimum Gasteiger partial charge on any atom is -0.508 e. The molecule has 3 rings (SSSR count). The lowest BCUT2D eigenvalue weighted by molar-refractivity contribution is 0.469. The van der Waals surface area contributed by atoms with E-state index in [2.05, 4.69) is 38.8 Å². The molecule has 1 aromatic heterocycles. The maximum atomic E-state index is 9.81. The number of aromatic hydroxyl groups is 1. The van der Waals surface area contributed by atoms with E-state index in [-0.39, 0.29) is 0 Å². The third kappa shape index (κ3) is 2.32. The average molecular weight is 324 g/mol. The zero-order chi connectivity index (χ0) is 12.5. The Labute approximate surface area is 119 Å². The molecular formula is C14H14BrNOS. The summed E-state index contributed by atoms with van der Waals surface area (Å²) in [6.07, 6.45) is 2.03. The van der Waals surface area contributed by atoms with Gasteiger partial charge in [0.1, 0.15) is 5.75 Å². The summed E-state index contributed by atoms with van der Waals surface area (Å²) in [7, 11) is 0. The first-order chi connectivity index (χ1) is 8.74. The number of thiophene rings is 1. The SMILES string of the molecule is Oc1cccc2c1CCC2NCc1cc(Br)cs1. The Balaban J connectivity index is 1.71. The maximum Gasteiger partial charge on any atom is 0.119 e. The van der Waals surface area contributed by atoms with Crippen molar-refractivity contribution in [3.8, 4) is 5.75 Å². The number of fused-ring (bicyclic) bond motifs is 1. The summed E-state index contributed by atoms with van der Waals surface area (Å²) >= 11 is 5.23. The van der Waals surface area contributed by atoms with Crippen molar-refractivity contribution < 1.29 is 5.11 Å². The molecule has 4 heteroatoms. The standard InChI is InChI=1S/C14H14BrNOS/c15-9-6-10(18-8-9)7-16-13-5-4-12-11(13)2-1-3-14(12)17/h1-3,6,8,13,16-17H,4-5,7H2. The fourth-order valence-corrected chi connectivity index (χ4v) is 3.92. The number of rotatable bonds is 3. The van der Waals surface area contributed by atoms with Crippen molar-refractivity contribution in [1.29, 1.82) is 0 Å². The molecule has 0 spiro atoms. The van der Waals surface area contributed by atoms with E-state index >= 15 is 0 Å². The monoisotopic (exact) mass is 323 g/mol. The Kier molecular flexibility index (Phi) is 3.41. The Bertz CT molecular complexity index is 567. The number of halogens is 1. The molecule has 1 aliphatic rings. The summed E-state index contributed by atoms with van der Waals surface area (Å²) in [6, 6.07) is 8.33. The molecule has 94 valence electrons. The van der Waals surface area contributed by atoms with Crippen LogP contribution in [0.3, 0.4) is 0 Å². The lowest BCUT2D eigenvalue weighted by atomic mass is 10.1. The molecule has 2 aromatic rings. The summed E-state index contributed by atoms with van der Waals surface area (Å²) in [5.74, 6) is 0.440. The lowest BCUT2D eigenvalue weighted by Crippen LogP contribution is -2.17. The molecule has 1 aliphatic carbocycles. The zero-order valence-electron chi connectivity index (χ0n) is 9.82. The first kappa shape index (κ1) is 12.2. The molecule has 2 N–H and O–H groups in total.